The molecule has 0 radical (unpaired) electrons. The van der Waals surface area contributed by atoms with E-state index in [-0.39, 0.29) is 11.9 Å². The zero-order chi connectivity index (χ0) is 17.7. The molecule has 0 unspecified atom stereocenters. The summed E-state index contributed by atoms with van der Waals surface area (Å²) in [5.74, 6) is -0.162. The number of rotatable bonds is 4. The number of amides is 3. The number of hydrogen-bond donors (Lipinski definition) is 2. The van der Waals surface area contributed by atoms with E-state index in [0.717, 1.165) is 22.3 Å². The lowest BCUT2D eigenvalue weighted by Gasteiger charge is -2.16. The van der Waals surface area contributed by atoms with E-state index < -0.39 is 0 Å². The van der Waals surface area contributed by atoms with Gasteiger partial charge in [-0.2, -0.15) is 4.84 Å². The van der Waals surface area contributed by atoms with Crippen molar-refractivity contribution in [3.63, 3.8) is 0 Å². The van der Waals surface area contributed by atoms with Crippen LogP contribution in [0.4, 0.5) is 4.79 Å². The minimum atomic E-state index is -0.162. The van der Waals surface area contributed by atoms with Gasteiger partial charge in [0.25, 0.3) is 5.91 Å². The summed E-state index contributed by atoms with van der Waals surface area (Å²) in [5.41, 5.74) is 4.05. The molecule has 1 aromatic rings. The van der Waals surface area contributed by atoms with Gasteiger partial charge in [-0.05, 0) is 37.5 Å². The summed E-state index contributed by atoms with van der Waals surface area (Å²) in [4.78, 5) is 30.4. The van der Waals surface area contributed by atoms with Gasteiger partial charge in [0, 0.05) is 31.7 Å². The molecule has 3 amide bonds. The smallest absolute Gasteiger partial charge is 0.350 e. The zero-order valence-corrected chi connectivity index (χ0v) is 14.5. The van der Waals surface area contributed by atoms with Crippen molar-refractivity contribution in [3.8, 4) is 6.07 Å². The molecular weight excluding hydrogens is 308 g/mol. The molecule has 7 heteroatoms. The Balaban J connectivity index is 2.12. The Hall–Kier alpha value is -2.75. The highest BCUT2D eigenvalue weighted by Crippen LogP contribution is 2.21. The molecule has 0 saturated carbocycles. The van der Waals surface area contributed by atoms with Gasteiger partial charge in [-0.25, -0.2) is 4.79 Å². The molecule has 128 valence electrons. The Morgan fingerprint density at radius 1 is 1.42 bits per heavy atom. The van der Waals surface area contributed by atoms with Crippen LogP contribution < -0.4 is 10.6 Å². The van der Waals surface area contributed by atoms with E-state index in [4.69, 9.17) is 0 Å². The highest BCUT2D eigenvalue weighted by Gasteiger charge is 2.21. The fraction of sp³-hybridized carbons (Fsp3) is 0.471. The van der Waals surface area contributed by atoms with Crippen molar-refractivity contribution >= 4 is 11.9 Å². The van der Waals surface area contributed by atoms with E-state index in [1.165, 1.54) is 7.11 Å². The molecule has 1 aromatic carbocycles. The summed E-state index contributed by atoms with van der Waals surface area (Å²) >= 11 is 0. The molecule has 1 fully saturated rings. The molecule has 0 aliphatic carbocycles. The molecule has 0 aromatic heterocycles. The quantitative estimate of drug-likeness (QED) is 0.823. The minimum absolute atomic E-state index is 0.0837. The molecule has 1 saturated heterocycles. The van der Waals surface area contributed by atoms with Gasteiger partial charge in [0.15, 0.2) is 7.11 Å². The van der Waals surface area contributed by atoms with Gasteiger partial charge in [0.1, 0.15) is 5.56 Å². The van der Waals surface area contributed by atoms with E-state index in [0.29, 0.717) is 31.7 Å². The van der Waals surface area contributed by atoms with Gasteiger partial charge in [-0.15, -0.1) is 0 Å². The van der Waals surface area contributed by atoms with Crippen molar-refractivity contribution in [2.24, 2.45) is 0 Å². The monoisotopic (exact) mass is 331 g/mol. The van der Waals surface area contributed by atoms with E-state index >= 15 is 0 Å². The molecule has 1 aliphatic heterocycles. The zero-order valence-electron chi connectivity index (χ0n) is 14.5. The minimum Gasteiger partial charge on any atom is -0.350 e. The van der Waals surface area contributed by atoms with Crippen LogP contribution in [0.25, 0.3) is 5.01 Å². The SMILES string of the molecule is CO[N+]#Cc1c(C)cc(C)c(C(=O)NCCN2CCNC2=O)c1C. The van der Waals surface area contributed by atoms with Gasteiger partial charge in [0.2, 0.25) is 5.01 Å². The molecular formula is C17H23N4O3+. The van der Waals surface area contributed by atoms with Crippen LogP contribution in [0.3, 0.4) is 0 Å². The molecule has 24 heavy (non-hydrogen) atoms. The average Bonchev–Trinajstić information content (AvgIpc) is 2.92. The van der Waals surface area contributed by atoms with Crippen molar-refractivity contribution in [2.75, 3.05) is 33.3 Å². The van der Waals surface area contributed by atoms with Crippen LogP contribution in [0.15, 0.2) is 6.07 Å². The molecule has 2 rings (SSSR count). The third kappa shape index (κ3) is 3.77. The number of hydrogen-bond acceptors (Lipinski definition) is 3. The van der Waals surface area contributed by atoms with E-state index in [1.807, 2.05) is 26.8 Å². The van der Waals surface area contributed by atoms with Crippen molar-refractivity contribution < 1.29 is 14.4 Å². The standard InChI is InChI=1S/C17H22N4O3/c1-11-9-12(2)15(13(3)14(11)10-20-24-4)16(22)18-5-7-21-8-6-19-17(21)23/h9H,5-8H2,1-4H3,(H-,18,19,22,23)/p+1. The van der Waals surface area contributed by atoms with Crippen LogP contribution in [0, 0.1) is 26.8 Å². The van der Waals surface area contributed by atoms with Crippen LogP contribution in [-0.2, 0) is 4.84 Å². The third-order valence-electron chi connectivity index (χ3n) is 4.06. The lowest BCUT2D eigenvalue weighted by Crippen LogP contribution is -2.37. The highest BCUT2D eigenvalue weighted by atomic mass is 16.6. The first-order valence-electron chi connectivity index (χ1n) is 7.86. The van der Waals surface area contributed by atoms with Gasteiger partial charge in [-0.1, -0.05) is 6.07 Å². The number of benzene rings is 1. The Bertz CT molecular complexity index is 719. The largest absolute Gasteiger partial charge is 0.388 e. The van der Waals surface area contributed by atoms with Gasteiger partial charge in [-0.3, -0.25) is 4.79 Å². The number of carbonyl (C=O) groups excluding carboxylic acids is 2. The van der Waals surface area contributed by atoms with E-state index in [2.05, 4.69) is 26.5 Å². The first-order chi connectivity index (χ1) is 11.5. The van der Waals surface area contributed by atoms with E-state index in [1.54, 1.807) is 4.90 Å². The maximum atomic E-state index is 12.6. The molecule has 7 nitrogen and oxygen atoms in total. The summed E-state index contributed by atoms with van der Waals surface area (Å²) in [7, 11) is 1.45. The number of aryl methyl sites for hydroxylation is 2. The van der Waals surface area contributed by atoms with Gasteiger partial charge >= 0.3 is 12.1 Å². The average molecular weight is 331 g/mol. The van der Waals surface area contributed by atoms with Crippen molar-refractivity contribution in [1.82, 2.24) is 15.5 Å². The first kappa shape index (κ1) is 17.6. The normalized spacial score (nSPS) is 13.2. The topological polar surface area (TPSA) is 75.0 Å². The van der Waals surface area contributed by atoms with Crippen LogP contribution in [-0.4, -0.2) is 50.1 Å². The van der Waals surface area contributed by atoms with Gasteiger partial charge < -0.3 is 15.5 Å². The molecule has 0 atom stereocenters. The molecule has 0 spiro atoms. The molecule has 0 bridgehead atoms. The second-order valence-corrected chi connectivity index (χ2v) is 5.75. The van der Waals surface area contributed by atoms with Crippen molar-refractivity contribution in [1.29, 1.82) is 0 Å². The molecule has 2 N–H and O–H groups in total. The maximum absolute atomic E-state index is 12.6. The summed E-state index contributed by atoms with van der Waals surface area (Å²) in [6, 6.07) is 4.67. The summed E-state index contributed by atoms with van der Waals surface area (Å²) in [5, 5.41) is 9.30. The fourth-order valence-electron chi connectivity index (χ4n) is 2.92. The number of urea groups is 1. The predicted octanol–water partition coefficient (Wildman–Crippen LogP) is 1.61. The summed E-state index contributed by atoms with van der Waals surface area (Å²) in [6.07, 6.45) is 0. The van der Waals surface area contributed by atoms with Crippen molar-refractivity contribution in [2.45, 2.75) is 20.8 Å². The second-order valence-electron chi connectivity index (χ2n) is 5.75. The van der Waals surface area contributed by atoms with E-state index in [9.17, 15) is 9.59 Å². The Labute approximate surface area is 141 Å². The predicted molar refractivity (Wildman–Crippen MR) is 91.3 cm³/mol. The van der Waals surface area contributed by atoms with Crippen molar-refractivity contribution in [3.05, 3.63) is 38.9 Å². The summed E-state index contributed by atoms with van der Waals surface area (Å²) < 4.78 is 0. The van der Waals surface area contributed by atoms with Crippen LogP contribution in [0.1, 0.15) is 32.6 Å². The Morgan fingerprint density at radius 3 is 2.79 bits per heavy atom. The number of nitrogens with one attached hydrogen (secondary N) is 2. The first-order valence-corrected chi connectivity index (χ1v) is 7.86. The van der Waals surface area contributed by atoms with Crippen LogP contribution in [0.5, 0.6) is 0 Å². The number of carbonyl (C=O) groups is 2. The fourth-order valence-corrected chi connectivity index (χ4v) is 2.92. The maximum Gasteiger partial charge on any atom is 0.388 e. The van der Waals surface area contributed by atoms with Gasteiger partial charge in [0.05, 0.1) is 0 Å². The molecule has 1 heterocycles. The Morgan fingerprint density at radius 2 is 2.17 bits per heavy atom. The van der Waals surface area contributed by atoms with Crippen LogP contribution >= 0.6 is 0 Å². The second kappa shape index (κ2) is 7.68. The third-order valence-corrected chi connectivity index (χ3v) is 4.06. The summed E-state index contributed by atoms with van der Waals surface area (Å²) in [6.45, 7) is 7.94. The number of nitrogens with zero attached hydrogens (tertiary/aromatic N) is 2. The lowest BCUT2D eigenvalue weighted by molar-refractivity contribution is 0.0949. The molecule has 1 aliphatic rings. The highest BCUT2D eigenvalue weighted by molar-refractivity contribution is 5.97. The lowest BCUT2D eigenvalue weighted by atomic mass is 9.93. The Kier molecular flexibility index (Phi) is 5.64. The van der Waals surface area contributed by atoms with Crippen LogP contribution in [0.2, 0.25) is 0 Å².